The number of benzene rings is 1. The molecule has 0 aliphatic rings. The summed E-state index contributed by atoms with van der Waals surface area (Å²) in [7, 11) is 0. The average molecular weight is 184 g/mol. The number of ether oxygens (including phenoxy) is 1. The van der Waals surface area contributed by atoms with Gasteiger partial charge in [0.25, 0.3) is 0 Å². The van der Waals surface area contributed by atoms with Gasteiger partial charge in [0, 0.05) is 0 Å². The van der Waals surface area contributed by atoms with E-state index in [1.54, 1.807) is 13.0 Å². The Morgan fingerprint density at radius 2 is 2.31 bits per heavy atom. The fraction of sp³-hybridized carbons (Fsp3) is 0.222. The van der Waals surface area contributed by atoms with Crippen molar-refractivity contribution in [1.82, 2.24) is 0 Å². The Balaban J connectivity index is 2.81. The van der Waals surface area contributed by atoms with Crippen molar-refractivity contribution in [3.05, 3.63) is 29.6 Å². The molecule has 0 fully saturated rings. The summed E-state index contributed by atoms with van der Waals surface area (Å²) in [6.45, 7) is 1.13. The van der Waals surface area contributed by atoms with E-state index in [-0.39, 0.29) is 5.75 Å². The minimum absolute atomic E-state index is 0.00454. The van der Waals surface area contributed by atoms with E-state index in [4.69, 9.17) is 9.84 Å². The minimum atomic E-state index is -1.12. The smallest absolute Gasteiger partial charge is 0.341 e. The van der Waals surface area contributed by atoms with E-state index in [2.05, 4.69) is 0 Å². The standard InChI is InChI=1S/C9H9FO3/c1-6-3-2-4-7(10)9(6)13-5-8(11)12/h2-4H,5H2,1H3,(H,11,12). The van der Waals surface area contributed by atoms with Crippen molar-refractivity contribution in [2.45, 2.75) is 6.92 Å². The normalized spacial score (nSPS) is 9.69. The average Bonchev–Trinajstić information content (AvgIpc) is 2.03. The topological polar surface area (TPSA) is 46.5 Å². The molecule has 0 aliphatic heterocycles. The molecule has 0 heterocycles. The van der Waals surface area contributed by atoms with Gasteiger partial charge in [-0.25, -0.2) is 9.18 Å². The van der Waals surface area contributed by atoms with E-state index in [0.29, 0.717) is 5.56 Å². The number of para-hydroxylation sites is 1. The molecule has 0 radical (unpaired) electrons. The molecule has 1 aromatic rings. The summed E-state index contributed by atoms with van der Waals surface area (Å²) < 4.78 is 17.7. The largest absolute Gasteiger partial charge is 0.479 e. The van der Waals surface area contributed by atoms with Crippen LogP contribution < -0.4 is 4.74 Å². The molecular weight excluding hydrogens is 175 g/mol. The van der Waals surface area contributed by atoms with Crippen molar-refractivity contribution < 1.29 is 19.0 Å². The predicted octanol–water partition coefficient (Wildman–Crippen LogP) is 1.60. The highest BCUT2D eigenvalue weighted by Crippen LogP contribution is 2.21. The SMILES string of the molecule is Cc1cccc(F)c1OCC(=O)O. The number of carboxylic acids is 1. The van der Waals surface area contributed by atoms with Crippen LogP contribution in [0.1, 0.15) is 5.56 Å². The molecule has 3 nitrogen and oxygen atoms in total. The summed E-state index contributed by atoms with van der Waals surface area (Å²) in [4.78, 5) is 10.1. The summed E-state index contributed by atoms with van der Waals surface area (Å²) >= 11 is 0. The quantitative estimate of drug-likeness (QED) is 0.776. The number of hydrogen-bond donors (Lipinski definition) is 1. The van der Waals surface area contributed by atoms with Gasteiger partial charge in [0.15, 0.2) is 18.2 Å². The van der Waals surface area contributed by atoms with E-state index in [9.17, 15) is 9.18 Å². The highest BCUT2D eigenvalue weighted by Gasteiger charge is 2.07. The van der Waals surface area contributed by atoms with Crippen molar-refractivity contribution in [3.8, 4) is 5.75 Å². The second-order valence-corrected chi connectivity index (χ2v) is 2.57. The van der Waals surface area contributed by atoms with Crippen molar-refractivity contribution in [3.63, 3.8) is 0 Å². The number of aryl methyl sites for hydroxylation is 1. The molecule has 1 aromatic carbocycles. The van der Waals surface area contributed by atoms with Crippen LogP contribution in [-0.4, -0.2) is 17.7 Å². The van der Waals surface area contributed by atoms with Crippen LogP contribution in [0.4, 0.5) is 4.39 Å². The van der Waals surface area contributed by atoms with Gasteiger partial charge in [0.2, 0.25) is 0 Å². The van der Waals surface area contributed by atoms with Crippen molar-refractivity contribution in [2.75, 3.05) is 6.61 Å². The molecule has 13 heavy (non-hydrogen) atoms. The fourth-order valence-corrected chi connectivity index (χ4v) is 0.933. The zero-order valence-corrected chi connectivity index (χ0v) is 7.08. The third kappa shape index (κ3) is 2.43. The highest BCUT2D eigenvalue weighted by molar-refractivity contribution is 5.68. The van der Waals surface area contributed by atoms with E-state index in [1.165, 1.54) is 12.1 Å². The van der Waals surface area contributed by atoms with Gasteiger partial charge in [-0.2, -0.15) is 0 Å². The van der Waals surface area contributed by atoms with Crippen LogP contribution in [0.15, 0.2) is 18.2 Å². The second-order valence-electron chi connectivity index (χ2n) is 2.57. The first-order valence-corrected chi connectivity index (χ1v) is 3.71. The molecule has 0 aromatic heterocycles. The number of hydrogen-bond acceptors (Lipinski definition) is 2. The molecule has 70 valence electrons. The summed E-state index contributed by atoms with van der Waals surface area (Å²) in [6.07, 6.45) is 0. The highest BCUT2D eigenvalue weighted by atomic mass is 19.1. The zero-order valence-electron chi connectivity index (χ0n) is 7.08. The van der Waals surface area contributed by atoms with Crippen LogP contribution in [0.2, 0.25) is 0 Å². The Bertz CT molecular complexity index is 302. The summed E-state index contributed by atoms with van der Waals surface area (Å²) in [5, 5.41) is 8.31. The van der Waals surface area contributed by atoms with Crippen molar-refractivity contribution >= 4 is 5.97 Å². The summed E-state index contributed by atoms with van der Waals surface area (Å²) in [5.74, 6) is -1.66. The number of carboxylic acid groups (broad SMARTS) is 1. The molecule has 0 bridgehead atoms. The van der Waals surface area contributed by atoms with E-state index in [0.717, 1.165) is 0 Å². The molecule has 4 heteroatoms. The lowest BCUT2D eigenvalue weighted by Gasteiger charge is -2.06. The Hall–Kier alpha value is -1.58. The second kappa shape index (κ2) is 3.89. The number of halogens is 1. The fourth-order valence-electron chi connectivity index (χ4n) is 0.933. The van der Waals surface area contributed by atoms with Gasteiger partial charge < -0.3 is 9.84 Å². The first kappa shape index (κ1) is 9.51. The maximum atomic E-state index is 13.0. The number of rotatable bonds is 3. The zero-order chi connectivity index (χ0) is 9.84. The lowest BCUT2D eigenvalue weighted by molar-refractivity contribution is -0.139. The van der Waals surface area contributed by atoms with E-state index < -0.39 is 18.4 Å². The van der Waals surface area contributed by atoms with Crippen LogP contribution in [-0.2, 0) is 4.79 Å². The lowest BCUT2D eigenvalue weighted by atomic mass is 10.2. The van der Waals surface area contributed by atoms with E-state index in [1.807, 2.05) is 0 Å². The Kier molecular flexibility index (Phi) is 2.84. The summed E-state index contributed by atoms with van der Waals surface area (Å²) in [5.41, 5.74) is 0.584. The van der Waals surface area contributed by atoms with Crippen LogP contribution in [0.3, 0.4) is 0 Å². The Labute approximate surface area is 74.8 Å². The first-order valence-electron chi connectivity index (χ1n) is 3.71. The van der Waals surface area contributed by atoms with Gasteiger partial charge in [-0.1, -0.05) is 12.1 Å². The molecular formula is C9H9FO3. The molecule has 1 rings (SSSR count). The Morgan fingerprint density at radius 3 is 2.85 bits per heavy atom. The molecule has 0 saturated heterocycles. The van der Waals surface area contributed by atoms with Gasteiger partial charge in [0.05, 0.1) is 0 Å². The Morgan fingerprint density at radius 1 is 1.62 bits per heavy atom. The van der Waals surface area contributed by atoms with Crippen LogP contribution in [0.5, 0.6) is 5.75 Å². The maximum absolute atomic E-state index is 13.0. The van der Waals surface area contributed by atoms with Gasteiger partial charge >= 0.3 is 5.97 Å². The molecule has 0 unspecified atom stereocenters. The molecule has 0 spiro atoms. The number of aliphatic carboxylic acids is 1. The van der Waals surface area contributed by atoms with Crippen LogP contribution in [0, 0.1) is 12.7 Å². The lowest BCUT2D eigenvalue weighted by Crippen LogP contribution is -2.10. The molecule has 0 saturated carbocycles. The van der Waals surface area contributed by atoms with Crippen LogP contribution in [0.25, 0.3) is 0 Å². The van der Waals surface area contributed by atoms with Crippen molar-refractivity contribution in [1.29, 1.82) is 0 Å². The van der Waals surface area contributed by atoms with E-state index >= 15 is 0 Å². The molecule has 0 amide bonds. The predicted molar refractivity (Wildman–Crippen MR) is 44.3 cm³/mol. The van der Waals surface area contributed by atoms with Crippen molar-refractivity contribution in [2.24, 2.45) is 0 Å². The first-order chi connectivity index (χ1) is 6.11. The van der Waals surface area contributed by atoms with Gasteiger partial charge in [-0.05, 0) is 18.6 Å². The van der Waals surface area contributed by atoms with Gasteiger partial charge in [-0.15, -0.1) is 0 Å². The summed E-state index contributed by atoms with van der Waals surface area (Å²) in [6, 6.07) is 4.42. The molecule has 1 N–H and O–H groups in total. The monoisotopic (exact) mass is 184 g/mol. The third-order valence-electron chi connectivity index (χ3n) is 1.50. The number of carbonyl (C=O) groups is 1. The molecule has 0 atom stereocenters. The van der Waals surface area contributed by atoms with Gasteiger partial charge in [0.1, 0.15) is 0 Å². The van der Waals surface area contributed by atoms with Crippen LogP contribution >= 0.6 is 0 Å². The maximum Gasteiger partial charge on any atom is 0.341 e. The molecule has 0 aliphatic carbocycles. The minimum Gasteiger partial charge on any atom is -0.479 e. The third-order valence-corrected chi connectivity index (χ3v) is 1.50. The van der Waals surface area contributed by atoms with Gasteiger partial charge in [-0.3, -0.25) is 0 Å².